The first-order chi connectivity index (χ1) is 9.46. The molecular formula is C12H7Cl2N3O2S. The minimum absolute atomic E-state index is 0.0323. The molecule has 8 heteroatoms. The molecule has 0 N–H and O–H groups in total. The van der Waals surface area contributed by atoms with Gasteiger partial charge in [-0.1, -0.05) is 23.2 Å². The van der Waals surface area contributed by atoms with Gasteiger partial charge in [0.15, 0.2) is 10.4 Å². The Kier molecular flexibility index (Phi) is 4.23. The summed E-state index contributed by atoms with van der Waals surface area (Å²) < 4.78 is 24.9. The SMILES string of the molecule is N#CC(c1nccnc1Cl)S(=O)(=O)c1ccc(Cl)cc1. The van der Waals surface area contributed by atoms with Crippen LogP contribution in [0.25, 0.3) is 0 Å². The Hall–Kier alpha value is -1.68. The van der Waals surface area contributed by atoms with Gasteiger partial charge in [0.1, 0.15) is 5.69 Å². The number of hydrogen-bond donors (Lipinski definition) is 0. The van der Waals surface area contributed by atoms with Gasteiger partial charge < -0.3 is 0 Å². The summed E-state index contributed by atoms with van der Waals surface area (Å²) in [5.41, 5.74) is -0.0911. The first kappa shape index (κ1) is 14.7. The molecular weight excluding hydrogens is 321 g/mol. The van der Waals surface area contributed by atoms with Crippen LogP contribution >= 0.6 is 23.2 Å². The van der Waals surface area contributed by atoms with Gasteiger partial charge in [0, 0.05) is 17.4 Å². The molecule has 1 aromatic carbocycles. The summed E-state index contributed by atoms with van der Waals surface area (Å²) >= 11 is 11.5. The van der Waals surface area contributed by atoms with E-state index in [2.05, 4.69) is 9.97 Å². The van der Waals surface area contributed by atoms with E-state index in [0.717, 1.165) is 0 Å². The molecule has 5 nitrogen and oxygen atoms in total. The first-order valence-corrected chi connectivity index (χ1v) is 7.62. The number of halogens is 2. The molecule has 0 radical (unpaired) electrons. The van der Waals surface area contributed by atoms with Crippen LogP contribution in [0.3, 0.4) is 0 Å². The highest BCUT2D eigenvalue weighted by atomic mass is 35.5. The molecule has 0 amide bonds. The Labute approximate surface area is 125 Å². The van der Waals surface area contributed by atoms with Crippen molar-refractivity contribution in [2.45, 2.75) is 10.1 Å². The Morgan fingerprint density at radius 3 is 2.25 bits per heavy atom. The zero-order valence-corrected chi connectivity index (χ0v) is 12.2. The summed E-state index contributed by atoms with van der Waals surface area (Å²) in [4.78, 5) is 7.54. The van der Waals surface area contributed by atoms with Crippen molar-refractivity contribution in [1.82, 2.24) is 9.97 Å². The zero-order chi connectivity index (χ0) is 14.8. The van der Waals surface area contributed by atoms with Crippen molar-refractivity contribution in [2.24, 2.45) is 0 Å². The lowest BCUT2D eigenvalue weighted by Gasteiger charge is -2.11. The van der Waals surface area contributed by atoms with E-state index in [0.29, 0.717) is 5.02 Å². The normalized spacial score (nSPS) is 12.7. The van der Waals surface area contributed by atoms with Crippen molar-refractivity contribution < 1.29 is 8.42 Å². The highest BCUT2D eigenvalue weighted by Gasteiger charge is 2.32. The van der Waals surface area contributed by atoms with Crippen molar-refractivity contribution >= 4 is 33.0 Å². The Bertz CT molecular complexity index is 770. The second-order valence-corrected chi connectivity index (χ2v) is 6.57. The highest BCUT2D eigenvalue weighted by molar-refractivity contribution is 7.92. The molecule has 20 heavy (non-hydrogen) atoms. The summed E-state index contributed by atoms with van der Waals surface area (Å²) in [6.45, 7) is 0. The molecule has 0 fully saturated rings. The van der Waals surface area contributed by atoms with Gasteiger partial charge in [-0.15, -0.1) is 0 Å². The molecule has 0 saturated heterocycles. The maximum Gasteiger partial charge on any atom is 0.200 e. The Morgan fingerprint density at radius 2 is 1.70 bits per heavy atom. The average Bonchev–Trinajstić information content (AvgIpc) is 2.42. The quantitative estimate of drug-likeness (QED) is 0.865. The van der Waals surface area contributed by atoms with E-state index in [-0.39, 0.29) is 15.7 Å². The van der Waals surface area contributed by atoms with Crippen LogP contribution in [-0.2, 0) is 9.84 Å². The van der Waals surface area contributed by atoms with Crippen LogP contribution in [0.4, 0.5) is 0 Å². The standard InChI is InChI=1S/C12H7Cl2N3O2S/c13-8-1-3-9(4-2-8)20(18,19)10(7-15)11-12(14)17-6-5-16-11/h1-6,10H. The van der Waals surface area contributed by atoms with Crippen LogP contribution in [0, 0.1) is 11.3 Å². The monoisotopic (exact) mass is 327 g/mol. The lowest BCUT2D eigenvalue weighted by atomic mass is 10.3. The maximum absolute atomic E-state index is 12.4. The van der Waals surface area contributed by atoms with Crippen molar-refractivity contribution in [1.29, 1.82) is 5.26 Å². The van der Waals surface area contributed by atoms with Gasteiger partial charge in [0.25, 0.3) is 0 Å². The Balaban J connectivity index is 2.55. The maximum atomic E-state index is 12.4. The molecule has 1 atom stereocenters. The number of hydrogen-bond acceptors (Lipinski definition) is 5. The van der Waals surface area contributed by atoms with E-state index in [1.54, 1.807) is 6.07 Å². The van der Waals surface area contributed by atoms with Crippen molar-refractivity contribution in [3.63, 3.8) is 0 Å². The summed E-state index contributed by atoms with van der Waals surface area (Å²) in [5.74, 6) is 0. The fourth-order valence-corrected chi connectivity index (χ4v) is 3.34. The topological polar surface area (TPSA) is 83.7 Å². The number of nitriles is 1. The van der Waals surface area contributed by atoms with Gasteiger partial charge in [-0.25, -0.2) is 13.4 Å². The second-order valence-electron chi connectivity index (χ2n) is 3.74. The first-order valence-electron chi connectivity index (χ1n) is 5.32. The van der Waals surface area contributed by atoms with Crippen LogP contribution in [0.5, 0.6) is 0 Å². The molecule has 102 valence electrons. The summed E-state index contributed by atoms with van der Waals surface area (Å²) in [7, 11) is -3.95. The summed E-state index contributed by atoms with van der Waals surface area (Å²) in [6.07, 6.45) is 2.60. The fraction of sp³-hybridized carbons (Fsp3) is 0.0833. The molecule has 2 rings (SSSR count). The number of benzene rings is 1. The van der Waals surface area contributed by atoms with E-state index >= 15 is 0 Å². The smallest absolute Gasteiger partial charge is 0.200 e. The molecule has 0 saturated carbocycles. The lowest BCUT2D eigenvalue weighted by Crippen LogP contribution is -2.14. The van der Waals surface area contributed by atoms with Crippen LogP contribution in [-0.4, -0.2) is 18.4 Å². The molecule has 0 aliphatic heterocycles. The van der Waals surface area contributed by atoms with Gasteiger partial charge in [-0.05, 0) is 24.3 Å². The Morgan fingerprint density at radius 1 is 1.10 bits per heavy atom. The van der Waals surface area contributed by atoms with Gasteiger partial charge in [0.2, 0.25) is 9.84 Å². The van der Waals surface area contributed by atoms with Crippen LogP contribution < -0.4 is 0 Å². The predicted octanol–water partition coefficient (Wildman–Crippen LogP) is 2.82. The van der Waals surface area contributed by atoms with E-state index < -0.39 is 15.1 Å². The van der Waals surface area contributed by atoms with Crippen LogP contribution in [0.1, 0.15) is 10.9 Å². The van der Waals surface area contributed by atoms with E-state index in [1.807, 2.05) is 0 Å². The third kappa shape index (κ3) is 2.75. The molecule has 0 bridgehead atoms. The number of sulfone groups is 1. The van der Waals surface area contributed by atoms with Crippen molar-refractivity contribution in [3.8, 4) is 6.07 Å². The van der Waals surface area contributed by atoms with E-state index in [1.165, 1.54) is 36.7 Å². The van der Waals surface area contributed by atoms with Gasteiger partial charge in [-0.3, -0.25) is 4.98 Å². The largest absolute Gasteiger partial charge is 0.254 e. The fourth-order valence-electron chi connectivity index (χ4n) is 1.55. The third-order valence-corrected chi connectivity index (χ3v) is 4.92. The van der Waals surface area contributed by atoms with Crippen LogP contribution in [0.15, 0.2) is 41.6 Å². The third-order valence-electron chi connectivity index (χ3n) is 2.50. The number of rotatable bonds is 3. The lowest BCUT2D eigenvalue weighted by molar-refractivity contribution is 0.590. The highest BCUT2D eigenvalue weighted by Crippen LogP contribution is 2.30. The van der Waals surface area contributed by atoms with Gasteiger partial charge in [0.05, 0.1) is 11.0 Å². The van der Waals surface area contributed by atoms with Crippen molar-refractivity contribution in [2.75, 3.05) is 0 Å². The number of nitrogens with zero attached hydrogens (tertiary/aromatic N) is 3. The predicted molar refractivity (Wildman–Crippen MR) is 74.0 cm³/mol. The second kappa shape index (κ2) is 5.75. The van der Waals surface area contributed by atoms with Gasteiger partial charge >= 0.3 is 0 Å². The molecule has 0 aliphatic rings. The van der Waals surface area contributed by atoms with Crippen LogP contribution in [0.2, 0.25) is 10.2 Å². The molecule has 1 aromatic heterocycles. The summed E-state index contributed by atoms with van der Waals surface area (Å²) in [5, 5.41) is 7.93. The zero-order valence-electron chi connectivity index (χ0n) is 9.86. The minimum atomic E-state index is -3.95. The minimum Gasteiger partial charge on any atom is -0.254 e. The average molecular weight is 328 g/mol. The van der Waals surface area contributed by atoms with E-state index in [9.17, 15) is 13.7 Å². The molecule has 0 spiro atoms. The molecule has 1 heterocycles. The van der Waals surface area contributed by atoms with E-state index in [4.69, 9.17) is 23.2 Å². The van der Waals surface area contributed by atoms with Crippen molar-refractivity contribution in [3.05, 3.63) is 52.5 Å². The summed E-state index contributed by atoms with van der Waals surface area (Å²) in [6, 6.07) is 7.22. The molecule has 1 unspecified atom stereocenters. The number of aromatic nitrogens is 2. The molecule has 2 aromatic rings. The van der Waals surface area contributed by atoms with Gasteiger partial charge in [-0.2, -0.15) is 5.26 Å². The molecule has 0 aliphatic carbocycles.